The van der Waals surface area contributed by atoms with Gasteiger partial charge >= 0.3 is 0 Å². The Kier molecular flexibility index (Phi) is 5.59. The largest absolute Gasteiger partial charge is 0.355 e. The third-order valence-corrected chi connectivity index (χ3v) is 11.1. The van der Waals surface area contributed by atoms with Gasteiger partial charge in [0.1, 0.15) is 4.21 Å². The fourth-order valence-electron chi connectivity index (χ4n) is 6.07. The van der Waals surface area contributed by atoms with Gasteiger partial charge in [0.05, 0.1) is 6.42 Å². The van der Waals surface area contributed by atoms with Crippen molar-refractivity contribution in [1.29, 1.82) is 0 Å². The van der Waals surface area contributed by atoms with E-state index in [2.05, 4.69) is 53.8 Å². The SMILES string of the molecule is O=C(Cc1ccc(S(=O)(=O)N2CCCC2)s1)NCC1CC2c3ccccc3C1c1ccccc12. The molecule has 2 aromatic carbocycles. The van der Waals surface area contributed by atoms with Crippen molar-refractivity contribution in [3.63, 3.8) is 0 Å². The van der Waals surface area contributed by atoms with E-state index in [1.54, 1.807) is 16.4 Å². The number of carbonyl (C=O) groups is 1. The van der Waals surface area contributed by atoms with E-state index in [1.165, 1.54) is 33.6 Å². The van der Waals surface area contributed by atoms with Crippen molar-refractivity contribution in [2.75, 3.05) is 19.6 Å². The summed E-state index contributed by atoms with van der Waals surface area (Å²) in [5.74, 6) is 0.995. The van der Waals surface area contributed by atoms with Crippen LogP contribution in [0.4, 0.5) is 0 Å². The molecular formula is C27H28N2O3S2. The van der Waals surface area contributed by atoms with E-state index in [0.29, 0.717) is 41.6 Å². The summed E-state index contributed by atoms with van der Waals surface area (Å²) in [6.45, 7) is 1.81. The molecule has 7 heteroatoms. The summed E-state index contributed by atoms with van der Waals surface area (Å²) in [6, 6.07) is 20.9. The second kappa shape index (κ2) is 8.63. The Balaban J connectivity index is 1.14. The van der Waals surface area contributed by atoms with Gasteiger partial charge in [-0.3, -0.25) is 4.79 Å². The van der Waals surface area contributed by atoms with Gasteiger partial charge in [-0.1, -0.05) is 48.5 Å². The molecule has 2 bridgehead atoms. The highest BCUT2D eigenvalue weighted by molar-refractivity contribution is 7.91. The highest BCUT2D eigenvalue weighted by atomic mass is 32.2. The Labute approximate surface area is 204 Å². The zero-order valence-electron chi connectivity index (χ0n) is 18.9. The van der Waals surface area contributed by atoms with Gasteiger partial charge in [0.2, 0.25) is 5.91 Å². The van der Waals surface area contributed by atoms with Crippen LogP contribution < -0.4 is 5.32 Å². The van der Waals surface area contributed by atoms with Gasteiger partial charge in [0, 0.05) is 36.3 Å². The second-order valence-electron chi connectivity index (χ2n) is 9.60. The van der Waals surface area contributed by atoms with E-state index in [4.69, 9.17) is 0 Å². The van der Waals surface area contributed by atoms with Gasteiger partial charge in [0.15, 0.2) is 0 Å². The van der Waals surface area contributed by atoms with Gasteiger partial charge < -0.3 is 5.32 Å². The van der Waals surface area contributed by atoms with Crippen LogP contribution >= 0.6 is 11.3 Å². The Hall–Kier alpha value is -2.48. The molecular weight excluding hydrogens is 464 g/mol. The number of fused-ring (bicyclic) bond motifs is 1. The monoisotopic (exact) mass is 492 g/mol. The quantitative estimate of drug-likeness (QED) is 0.551. The summed E-state index contributed by atoms with van der Waals surface area (Å²) < 4.78 is 27.4. The van der Waals surface area contributed by atoms with Crippen molar-refractivity contribution in [2.24, 2.45) is 5.92 Å². The second-order valence-corrected chi connectivity index (χ2v) is 12.9. The summed E-state index contributed by atoms with van der Waals surface area (Å²) >= 11 is 1.22. The predicted octanol–water partition coefficient (Wildman–Crippen LogP) is 4.49. The predicted molar refractivity (Wildman–Crippen MR) is 134 cm³/mol. The topological polar surface area (TPSA) is 66.5 Å². The van der Waals surface area contributed by atoms with Crippen molar-refractivity contribution in [3.05, 3.63) is 87.8 Å². The summed E-state index contributed by atoms with van der Waals surface area (Å²) in [6.07, 6.45) is 3.08. The summed E-state index contributed by atoms with van der Waals surface area (Å²) in [5.41, 5.74) is 5.65. The molecule has 176 valence electrons. The number of nitrogens with zero attached hydrogens (tertiary/aromatic N) is 1. The van der Waals surface area contributed by atoms with Crippen molar-refractivity contribution in [3.8, 4) is 0 Å². The summed E-state index contributed by atoms with van der Waals surface area (Å²) in [4.78, 5) is 13.6. The Morgan fingerprint density at radius 2 is 1.53 bits per heavy atom. The van der Waals surface area contributed by atoms with Gasteiger partial charge in [0.25, 0.3) is 10.0 Å². The number of sulfonamides is 1. The summed E-state index contributed by atoms with van der Waals surface area (Å²) in [7, 11) is -3.43. The van der Waals surface area contributed by atoms with E-state index in [1.807, 2.05) is 0 Å². The first-order chi connectivity index (χ1) is 16.5. The van der Waals surface area contributed by atoms with Crippen molar-refractivity contribution >= 4 is 27.3 Å². The minimum absolute atomic E-state index is 0.0463. The Morgan fingerprint density at radius 3 is 2.18 bits per heavy atom. The first-order valence-corrected chi connectivity index (χ1v) is 14.3. The molecule has 7 rings (SSSR count). The van der Waals surface area contributed by atoms with E-state index >= 15 is 0 Å². The van der Waals surface area contributed by atoms with Gasteiger partial charge in [-0.05, 0) is 59.6 Å². The molecule has 4 aliphatic rings. The number of hydrogen-bond acceptors (Lipinski definition) is 4. The molecule has 5 nitrogen and oxygen atoms in total. The van der Waals surface area contributed by atoms with E-state index in [9.17, 15) is 13.2 Å². The Bertz CT molecular complexity index is 1290. The van der Waals surface area contributed by atoms with Crippen LogP contribution in [0.1, 0.15) is 58.2 Å². The minimum Gasteiger partial charge on any atom is -0.355 e. The maximum absolute atomic E-state index is 12.8. The zero-order valence-corrected chi connectivity index (χ0v) is 20.6. The molecule has 1 unspecified atom stereocenters. The summed E-state index contributed by atoms with van der Waals surface area (Å²) in [5, 5.41) is 3.16. The third kappa shape index (κ3) is 3.70. The van der Waals surface area contributed by atoms with Crippen LogP contribution in [0.3, 0.4) is 0 Å². The molecule has 1 saturated heterocycles. The van der Waals surface area contributed by atoms with Crippen molar-refractivity contribution < 1.29 is 13.2 Å². The van der Waals surface area contributed by atoms with E-state index in [-0.39, 0.29) is 12.3 Å². The molecule has 0 spiro atoms. The smallest absolute Gasteiger partial charge is 0.252 e. The lowest BCUT2D eigenvalue weighted by Crippen LogP contribution is -2.39. The van der Waals surface area contributed by atoms with Crippen LogP contribution in [0.5, 0.6) is 0 Å². The molecule has 2 heterocycles. The lowest BCUT2D eigenvalue weighted by atomic mass is 9.59. The van der Waals surface area contributed by atoms with Gasteiger partial charge in [-0.25, -0.2) is 8.42 Å². The van der Waals surface area contributed by atoms with Crippen LogP contribution in [0.2, 0.25) is 0 Å². The fraction of sp³-hybridized carbons (Fsp3) is 0.370. The number of nitrogens with one attached hydrogen (secondary N) is 1. The van der Waals surface area contributed by atoms with E-state index < -0.39 is 10.0 Å². The normalized spacial score (nSPS) is 23.5. The molecule has 1 aliphatic heterocycles. The van der Waals surface area contributed by atoms with Crippen LogP contribution in [-0.2, 0) is 21.2 Å². The van der Waals surface area contributed by atoms with Crippen LogP contribution in [0.15, 0.2) is 64.9 Å². The zero-order chi connectivity index (χ0) is 23.3. The van der Waals surface area contributed by atoms with Gasteiger partial charge in [-0.15, -0.1) is 11.3 Å². The molecule has 1 amide bonds. The van der Waals surface area contributed by atoms with Crippen LogP contribution in [-0.4, -0.2) is 38.3 Å². The lowest BCUT2D eigenvalue weighted by Gasteiger charge is -2.45. The molecule has 1 atom stereocenters. The lowest BCUT2D eigenvalue weighted by molar-refractivity contribution is -0.120. The number of hydrogen-bond donors (Lipinski definition) is 1. The Morgan fingerprint density at radius 1 is 0.912 bits per heavy atom. The van der Waals surface area contributed by atoms with E-state index in [0.717, 1.165) is 24.1 Å². The third-order valence-electron chi connectivity index (χ3n) is 7.62. The standard InChI is InChI=1S/C27H28N2O3S2/c30-25(16-19-11-12-26(33-19)34(31,32)29-13-5-6-14-29)28-17-18-15-24-20-7-1-3-9-22(20)27(18)23-10-4-2-8-21(23)24/h1-4,7-12,18,24,27H,5-6,13-17H2,(H,28,30). The average molecular weight is 493 g/mol. The van der Waals surface area contributed by atoms with Crippen LogP contribution in [0, 0.1) is 5.92 Å². The molecule has 3 aromatic rings. The number of benzene rings is 2. The first-order valence-electron chi connectivity index (χ1n) is 12.1. The molecule has 34 heavy (non-hydrogen) atoms. The number of thiophene rings is 1. The average Bonchev–Trinajstić information content (AvgIpc) is 3.56. The number of rotatable bonds is 6. The molecule has 1 fully saturated rings. The first kappa shape index (κ1) is 22.0. The highest BCUT2D eigenvalue weighted by Gasteiger charge is 2.42. The fourth-order valence-corrected chi connectivity index (χ4v) is 9.10. The van der Waals surface area contributed by atoms with Gasteiger partial charge in [-0.2, -0.15) is 4.31 Å². The molecule has 1 aromatic heterocycles. The maximum atomic E-state index is 12.8. The minimum atomic E-state index is -3.43. The van der Waals surface area contributed by atoms with Crippen LogP contribution in [0.25, 0.3) is 0 Å². The molecule has 1 N–H and O–H groups in total. The highest BCUT2D eigenvalue weighted by Crippen LogP contribution is 2.55. The number of amides is 1. The molecule has 0 radical (unpaired) electrons. The molecule has 3 aliphatic carbocycles. The maximum Gasteiger partial charge on any atom is 0.252 e. The van der Waals surface area contributed by atoms with Crippen molar-refractivity contribution in [2.45, 2.75) is 41.7 Å². The number of carbonyl (C=O) groups excluding carboxylic acids is 1. The molecule has 0 saturated carbocycles. The van der Waals surface area contributed by atoms with Crippen molar-refractivity contribution in [1.82, 2.24) is 9.62 Å².